The average molecular weight is 599 g/mol. The zero-order valence-corrected chi connectivity index (χ0v) is 25.9. The molecule has 0 radical (unpaired) electrons. The molecule has 4 aliphatic carbocycles. The van der Waals surface area contributed by atoms with E-state index in [1.165, 1.54) is 57.1 Å². The van der Waals surface area contributed by atoms with Crippen molar-refractivity contribution in [3.8, 4) is 5.69 Å². The maximum absolute atomic E-state index is 4.12. The maximum atomic E-state index is 4.12. The molecule has 1 fully saturated rings. The number of nitrogens with zero attached hydrogens (tertiary/aromatic N) is 2. The van der Waals surface area contributed by atoms with Gasteiger partial charge in [-0.2, -0.15) is 0 Å². The summed E-state index contributed by atoms with van der Waals surface area (Å²) in [6.07, 6.45) is 23.8. The average Bonchev–Trinajstić information content (AvgIpc) is 3.63. The van der Waals surface area contributed by atoms with E-state index in [9.17, 15) is 0 Å². The second-order valence-corrected chi connectivity index (χ2v) is 13.6. The van der Waals surface area contributed by atoms with Crippen LogP contribution >= 0.6 is 0 Å². The predicted molar refractivity (Wildman–Crippen MR) is 188 cm³/mol. The zero-order chi connectivity index (χ0) is 30.2. The third-order valence-corrected chi connectivity index (χ3v) is 11.3. The fraction of sp³-hybridized carbons (Fsp3) is 0.238. The van der Waals surface area contributed by atoms with Gasteiger partial charge in [-0.1, -0.05) is 115 Å². The van der Waals surface area contributed by atoms with E-state index in [2.05, 4.69) is 154 Å². The summed E-state index contributed by atoms with van der Waals surface area (Å²) in [6.45, 7) is 0. The van der Waals surface area contributed by atoms with Crippen LogP contribution in [0, 0.1) is 11.8 Å². The van der Waals surface area contributed by atoms with Gasteiger partial charge in [0.05, 0.1) is 34.7 Å². The molecule has 10 rings (SSSR count). The van der Waals surface area contributed by atoms with Crippen LogP contribution in [0.5, 0.6) is 0 Å². The molecule has 4 aromatic rings. The molecule has 1 aromatic heterocycles. The number of fused-ring (bicyclic) bond motifs is 8. The molecule has 0 amide bonds. The van der Waals surface area contributed by atoms with E-state index in [-0.39, 0.29) is 18.1 Å². The van der Waals surface area contributed by atoms with Gasteiger partial charge < -0.3 is 20.1 Å². The van der Waals surface area contributed by atoms with Crippen molar-refractivity contribution in [2.75, 3.05) is 0 Å². The third kappa shape index (κ3) is 3.86. The lowest BCUT2D eigenvalue weighted by Crippen LogP contribution is -2.56. The number of allylic oxidation sites excluding steroid dienone is 5. The smallest absolute Gasteiger partial charge is 0.127 e. The Morgan fingerprint density at radius 2 is 1.50 bits per heavy atom. The van der Waals surface area contributed by atoms with Gasteiger partial charge in [0, 0.05) is 39.7 Å². The van der Waals surface area contributed by atoms with Crippen LogP contribution in [-0.4, -0.2) is 33.6 Å². The van der Waals surface area contributed by atoms with Crippen molar-refractivity contribution in [1.29, 1.82) is 0 Å². The lowest BCUT2D eigenvalue weighted by Gasteiger charge is -2.44. The van der Waals surface area contributed by atoms with Crippen LogP contribution in [0.25, 0.3) is 34.4 Å². The predicted octanol–water partition coefficient (Wildman–Crippen LogP) is 6.31. The fourth-order valence-corrected chi connectivity index (χ4v) is 9.41. The molecular formula is C42H38N4. The highest BCUT2D eigenvalue weighted by Gasteiger charge is 2.53. The topological polar surface area (TPSA) is 32.2 Å². The molecule has 6 atom stereocenters. The fourth-order valence-electron chi connectivity index (χ4n) is 9.41. The Kier molecular flexibility index (Phi) is 5.87. The summed E-state index contributed by atoms with van der Waals surface area (Å²) < 4.78 is 2.50. The van der Waals surface area contributed by atoms with Gasteiger partial charge in [0.15, 0.2) is 0 Å². The Bertz CT molecular complexity index is 2150. The molecule has 2 N–H and O–H groups in total. The summed E-state index contributed by atoms with van der Waals surface area (Å²) in [5.41, 5.74) is 8.26. The minimum absolute atomic E-state index is 0.208. The first kappa shape index (κ1) is 26.3. The number of para-hydroxylation sites is 2. The zero-order valence-electron chi connectivity index (χ0n) is 25.9. The van der Waals surface area contributed by atoms with E-state index in [0.29, 0.717) is 17.9 Å². The second-order valence-electron chi connectivity index (χ2n) is 13.6. The molecule has 6 unspecified atom stereocenters. The summed E-state index contributed by atoms with van der Waals surface area (Å²) in [5, 5.41) is 12.2. The summed E-state index contributed by atoms with van der Waals surface area (Å²) >= 11 is 0. The van der Waals surface area contributed by atoms with Gasteiger partial charge >= 0.3 is 0 Å². The Balaban J connectivity index is 1.24. The number of hydrogen-bond acceptors (Lipinski definition) is 3. The minimum Gasteiger partial charge on any atom is -0.373 e. The van der Waals surface area contributed by atoms with E-state index in [4.69, 9.17) is 0 Å². The molecule has 0 spiro atoms. The Labute approximate surface area is 270 Å². The summed E-state index contributed by atoms with van der Waals surface area (Å²) in [5.74, 6) is 2.14. The molecule has 46 heavy (non-hydrogen) atoms. The van der Waals surface area contributed by atoms with Crippen LogP contribution in [0.1, 0.15) is 31.2 Å². The Morgan fingerprint density at radius 3 is 2.35 bits per heavy atom. The first-order chi connectivity index (χ1) is 22.8. The largest absolute Gasteiger partial charge is 0.373 e. The molecule has 4 heteroatoms. The molecule has 3 aromatic carbocycles. The van der Waals surface area contributed by atoms with E-state index in [0.717, 1.165) is 12.8 Å². The van der Waals surface area contributed by atoms with Gasteiger partial charge in [0.1, 0.15) is 5.82 Å². The van der Waals surface area contributed by atoms with Gasteiger partial charge in [0.2, 0.25) is 0 Å². The van der Waals surface area contributed by atoms with Crippen LogP contribution in [-0.2, 0) is 0 Å². The maximum Gasteiger partial charge on any atom is 0.127 e. The normalized spacial score (nSPS) is 28.7. The van der Waals surface area contributed by atoms with Crippen molar-refractivity contribution in [2.45, 2.75) is 49.9 Å². The number of aromatic nitrogens is 1. The van der Waals surface area contributed by atoms with Crippen LogP contribution in [0.4, 0.5) is 0 Å². The molecule has 0 bridgehead atoms. The van der Waals surface area contributed by atoms with E-state index < -0.39 is 0 Å². The summed E-state index contributed by atoms with van der Waals surface area (Å²) in [4.78, 5) is 2.82. The number of nitrogens with one attached hydrogen (secondary N) is 2. The van der Waals surface area contributed by atoms with Crippen molar-refractivity contribution in [2.24, 2.45) is 11.8 Å². The molecular weight excluding hydrogens is 560 g/mol. The molecule has 226 valence electrons. The van der Waals surface area contributed by atoms with Crippen LogP contribution < -0.4 is 21.2 Å². The van der Waals surface area contributed by atoms with Gasteiger partial charge in [-0.25, -0.2) is 0 Å². The van der Waals surface area contributed by atoms with Crippen molar-refractivity contribution < 1.29 is 0 Å². The monoisotopic (exact) mass is 598 g/mol. The quantitative estimate of drug-likeness (QED) is 0.290. The first-order valence-electron chi connectivity index (χ1n) is 17.1. The highest BCUT2D eigenvalue weighted by Crippen LogP contribution is 2.52. The van der Waals surface area contributed by atoms with E-state index >= 15 is 0 Å². The van der Waals surface area contributed by atoms with Crippen molar-refractivity contribution in [3.63, 3.8) is 0 Å². The van der Waals surface area contributed by atoms with Gasteiger partial charge in [-0.3, -0.25) is 0 Å². The number of benzene rings is 3. The SMILES string of the molecule is C1=CC2NC(c3ccccc3)=C(N3C4C=c5c(c6ccccc6n5-c5ccccc5)=CC4C4C5=C(C=CCC5)CCC43)NC2C=C1. The van der Waals surface area contributed by atoms with Crippen molar-refractivity contribution >= 4 is 28.8 Å². The third-order valence-electron chi connectivity index (χ3n) is 11.3. The van der Waals surface area contributed by atoms with Crippen LogP contribution in [0.3, 0.4) is 0 Å². The molecule has 3 heterocycles. The standard InChI is InChI=1S/C42H38N4/c1-3-14-28(15-4-1)41-42(44-35-21-11-10-20-34(35)43-41)46-37-24-23-27-13-7-8-18-30(27)40(37)33-25-32-31-19-9-12-22-36(31)45(38(32)26-39(33)46)29-16-5-2-6-17-29/h1-7,9-17,19-22,25-26,33-35,37,39-40,43-44H,8,18,23-24H2. The first-order valence-corrected chi connectivity index (χ1v) is 17.1. The molecule has 0 saturated carbocycles. The van der Waals surface area contributed by atoms with Crippen LogP contribution in [0.15, 0.2) is 138 Å². The van der Waals surface area contributed by atoms with E-state index in [1.807, 2.05) is 0 Å². The highest BCUT2D eigenvalue weighted by molar-refractivity contribution is 5.85. The Morgan fingerprint density at radius 1 is 0.739 bits per heavy atom. The number of hydrogen-bond donors (Lipinski definition) is 2. The molecule has 6 aliphatic rings. The summed E-state index contributed by atoms with van der Waals surface area (Å²) in [7, 11) is 0. The number of rotatable bonds is 3. The van der Waals surface area contributed by atoms with E-state index in [1.54, 1.807) is 11.1 Å². The van der Waals surface area contributed by atoms with Gasteiger partial charge in [-0.05, 0) is 55.5 Å². The minimum atomic E-state index is 0.208. The van der Waals surface area contributed by atoms with Gasteiger partial charge in [-0.15, -0.1) is 0 Å². The molecule has 1 saturated heterocycles. The Hall–Kier alpha value is -4.96. The van der Waals surface area contributed by atoms with Crippen molar-refractivity contribution in [3.05, 3.63) is 154 Å². The molecule has 2 aliphatic heterocycles. The highest BCUT2D eigenvalue weighted by atomic mass is 15.3. The molecule has 4 nitrogen and oxygen atoms in total. The lowest BCUT2D eigenvalue weighted by atomic mass is 9.70. The van der Waals surface area contributed by atoms with Crippen LogP contribution in [0.2, 0.25) is 0 Å². The summed E-state index contributed by atoms with van der Waals surface area (Å²) in [6, 6.07) is 32.0. The second kappa shape index (κ2) is 10.3. The van der Waals surface area contributed by atoms with Gasteiger partial charge in [0.25, 0.3) is 0 Å². The number of likely N-dealkylation sites (tertiary alicyclic amines) is 1. The van der Waals surface area contributed by atoms with Crippen molar-refractivity contribution in [1.82, 2.24) is 20.1 Å². The lowest BCUT2D eigenvalue weighted by molar-refractivity contribution is 0.222.